The van der Waals surface area contributed by atoms with Gasteiger partial charge in [-0.1, -0.05) is 469 Å². The Morgan fingerprint density at radius 3 is 0.727 bits per heavy atom. The van der Waals surface area contributed by atoms with Crippen molar-refractivity contribution in [2.24, 2.45) is 0 Å². The van der Waals surface area contributed by atoms with E-state index in [1.807, 2.05) is 0 Å². The Labute approximate surface area is 749 Å². The van der Waals surface area contributed by atoms with Crippen molar-refractivity contribution in [2.75, 3.05) is 0 Å². The maximum Gasteiger partial charge on any atom is -0.00201 e. The predicted molar refractivity (Wildman–Crippen MR) is 557 cm³/mol. The van der Waals surface area contributed by atoms with E-state index in [1.54, 1.807) is 0 Å². The van der Waals surface area contributed by atoms with Gasteiger partial charge in [-0.3, -0.25) is 0 Å². The second-order valence-corrected chi connectivity index (χ2v) is 35.4. The van der Waals surface area contributed by atoms with Crippen LogP contribution in [0.2, 0.25) is 0 Å². The van der Waals surface area contributed by atoms with Gasteiger partial charge in [0.25, 0.3) is 0 Å². The molecule has 0 unspecified atom stereocenters. The Hall–Kier alpha value is -15.6. The summed E-state index contributed by atoms with van der Waals surface area (Å²) < 4.78 is 0. The molecule has 0 saturated heterocycles. The van der Waals surface area contributed by atoms with E-state index in [0.29, 0.717) is 0 Å². The molecule has 0 aliphatic rings. The Morgan fingerprint density at radius 2 is 0.383 bits per heavy atom. The fraction of sp³-hybridized carbons (Fsp3) is 0.0625. The van der Waals surface area contributed by atoms with Gasteiger partial charge in [0, 0.05) is 0 Å². The Morgan fingerprint density at radius 1 is 0.141 bits per heavy atom. The second kappa shape index (κ2) is 33.8. The van der Waals surface area contributed by atoms with Gasteiger partial charge in [0.05, 0.1) is 0 Å². The molecule has 0 aromatic heterocycles. The van der Waals surface area contributed by atoms with Crippen molar-refractivity contribution in [3.63, 3.8) is 0 Å². The van der Waals surface area contributed by atoms with Crippen LogP contribution in [0, 0.1) is 27.7 Å². The van der Waals surface area contributed by atoms with Crippen LogP contribution in [0.1, 0.15) is 48.6 Å². The highest BCUT2D eigenvalue weighted by Gasteiger charge is 2.25. The molecule has 24 aromatic rings. The highest BCUT2D eigenvalue weighted by molar-refractivity contribution is 6.27. The van der Waals surface area contributed by atoms with E-state index in [4.69, 9.17) is 0 Å². The van der Waals surface area contributed by atoms with E-state index in [2.05, 4.69) is 503 Å². The van der Waals surface area contributed by atoms with Crippen LogP contribution in [0.25, 0.3) is 218 Å². The third-order valence-electron chi connectivity index (χ3n) is 26.3. The first kappa shape index (κ1) is 79.6. The Kier molecular flexibility index (Phi) is 21.0. The van der Waals surface area contributed by atoms with Crippen molar-refractivity contribution in [3.05, 3.63) is 483 Å². The lowest BCUT2D eigenvalue weighted by molar-refractivity contribution is 0.591. The fourth-order valence-electron chi connectivity index (χ4n) is 20.3. The van der Waals surface area contributed by atoms with Gasteiger partial charge in [0.15, 0.2) is 0 Å². The minimum absolute atomic E-state index is 0.0743. The number of benzene rings is 24. The summed E-state index contributed by atoms with van der Waals surface area (Å²) >= 11 is 0. The van der Waals surface area contributed by atoms with Crippen LogP contribution in [0.15, 0.2) is 455 Å². The molecule has 128 heavy (non-hydrogen) atoms. The van der Waals surface area contributed by atoms with Crippen LogP contribution in [-0.4, -0.2) is 0 Å². The minimum atomic E-state index is 0.0743. The first-order valence-corrected chi connectivity index (χ1v) is 44.9. The minimum Gasteiger partial charge on any atom is -0.0622 e. The van der Waals surface area contributed by atoms with Crippen LogP contribution >= 0.6 is 0 Å². The van der Waals surface area contributed by atoms with Crippen molar-refractivity contribution in [1.82, 2.24) is 0 Å². The molecule has 24 aromatic carbocycles. The smallest absolute Gasteiger partial charge is 0.00201 e. The SMILES string of the molecule is Cc1ccc(-c2c3ccccc3c(-c3ccccc3)c3ccccc23)c2ccccc12.Cc1ccc2cc(-c3c4ccccc4c(-c4ccccc4)c4ccc(C(C)(C)C)cc34)ccc2c1.Cc1ccc2cc(-c3c4ccccc4c(-c4ccccc4)c4ccccc34)ccc2c1.Cc1cccc2c(-c3c4ccccc4c(-c4ccccc4)c4ccccc34)cccc12. The van der Waals surface area contributed by atoms with Crippen LogP contribution in [0.4, 0.5) is 0 Å². The molecule has 0 aliphatic heterocycles. The van der Waals surface area contributed by atoms with Gasteiger partial charge in [-0.15, -0.1) is 0 Å². The molecular weight excluding hydrogens is 1540 g/mol. The third kappa shape index (κ3) is 14.6. The van der Waals surface area contributed by atoms with Crippen molar-refractivity contribution < 1.29 is 0 Å². The van der Waals surface area contributed by atoms with Crippen LogP contribution in [-0.2, 0) is 5.41 Å². The lowest BCUT2D eigenvalue weighted by Crippen LogP contribution is -2.10. The predicted octanol–water partition coefficient (Wildman–Crippen LogP) is 36.5. The van der Waals surface area contributed by atoms with Crippen molar-refractivity contribution in [2.45, 2.75) is 53.9 Å². The van der Waals surface area contributed by atoms with E-state index in [1.165, 1.54) is 246 Å². The molecule has 0 fully saturated rings. The molecule has 0 heterocycles. The zero-order valence-electron chi connectivity index (χ0n) is 73.3. The first-order chi connectivity index (χ1) is 62.8. The van der Waals surface area contributed by atoms with Gasteiger partial charge in [0.1, 0.15) is 0 Å². The molecule has 0 bridgehead atoms. The topological polar surface area (TPSA) is 0 Å². The molecule has 0 N–H and O–H groups in total. The van der Waals surface area contributed by atoms with E-state index in [-0.39, 0.29) is 5.41 Å². The van der Waals surface area contributed by atoms with Crippen LogP contribution < -0.4 is 0 Å². The summed E-state index contributed by atoms with van der Waals surface area (Å²) in [5, 5.41) is 31.2. The van der Waals surface area contributed by atoms with Gasteiger partial charge in [-0.2, -0.15) is 0 Å². The summed E-state index contributed by atoms with van der Waals surface area (Å²) in [7, 11) is 0. The lowest BCUT2D eigenvalue weighted by Gasteiger charge is -2.23. The van der Waals surface area contributed by atoms with E-state index in [0.717, 1.165) is 0 Å². The van der Waals surface area contributed by atoms with E-state index < -0.39 is 0 Å². The first-order valence-electron chi connectivity index (χ1n) is 44.9. The molecule has 608 valence electrons. The van der Waals surface area contributed by atoms with Crippen molar-refractivity contribution in [1.29, 1.82) is 0 Å². The summed E-state index contributed by atoms with van der Waals surface area (Å²) in [4.78, 5) is 0. The molecule has 24 rings (SSSR count). The molecule has 0 spiro atoms. The summed E-state index contributed by atoms with van der Waals surface area (Å²) in [5.41, 5.74) is 27.4. The summed E-state index contributed by atoms with van der Waals surface area (Å²) in [5.74, 6) is 0. The zero-order chi connectivity index (χ0) is 86.5. The summed E-state index contributed by atoms with van der Waals surface area (Å²) in [6.07, 6.45) is 0. The summed E-state index contributed by atoms with van der Waals surface area (Å²) in [6.45, 7) is 15.6. The monoisotopic (exact) mass is 1630 g/mol. The number of hydrogen-bond acceptors (Lipinski definition) is 0. The molecule has 0 heteroatoms. The van der Waals surface area contributed by atoms with Crippen LogP contribution in [0.3, 0.4) is 0 Å². The Bertz CT molecular complexity index is 8050. The number of hydrogen-bond donors (Lipinski definition) is 0. The van der Waals surface area contributed by atoms with Gasteiger partial charge in [0.2, 0.25) is 0 Å². The maximum absolute atomic E-state index is 2.43. The maximum atomic E-state index is 2.43. The highest BCUT2D eigenvalue weighted by atomic mass is 14.3. The molecule has 0 radical (unpaired) electrons. The van der Waals surface area contributed by atoms with Gasteiger partial charge in [-0.25, -0.2) is 0 Å². The summed E-state index contributed by atoms with van der Waals surface area (Å²) in [6, 6.07) is 166. The number of aryl methyl sites for hydroxylation is 4. The van der Waals surface area contributed by atoms with E-state index in [9.17, 15) is 0 Å². The third-order valence-corrected chi connectivity index (χ3v) is 26.3. The molecule has 0 amide bonds. The molecule has 0 atom stereocenters. The quantitative estimate of drug-likeness (QED) is 0.133. The molecular formula is C128H96. The van der Waals surface area contributed by atoms with Gasteiger partial charge in [-0.05, 0) is 286 Å². The normalized spacial score (nSPS) is 11.6. The molecule has 0 nitrogen and oxygen atoms in total. The molecule has 0 aliphatic carbocycles. The average Bonchev–Trinajstić information content (AvgIpc) is 0.739. The second-order valence-electron chi connectivity index (χ2n) is 35.4. The highest BCUT2D eigenvalue weighted by Crippen LogP contribution is 2.51. The zero-order valence-corrected chi connectivity index (χ0v) is 73.3. The number of rotatable bonds is 8. The molecule has 0 saturated carbocycles. The lowest BCUT2D eigenvalue weighted by atomic mass is 9.81. The standard InChI is InChI=1S/C35H30.3C31H22/c1-23-14-15-26-21-27(17-16-25(26)20-23)34-30-13-9-8-12-29(30)33(24-10-6-5-7-11-24)31-19-18-28(22-32(31)34)35(2,3)4;1-21-11-9-19-24-23(21)18-10-20-25(24)31-28-16-7-5-14-26(28)30(22-12-3-2-4-13-22)27-15-6-8-17-29(27)31;1-21-15-16-24-20-25(18-17-23(24)19-21)31-28-13-7-5-11-26(28)30(22-9-3-2-4-10-22)27-12-6-8-14-29(27)31;1-21-19-20-29(24-14-6-5-13-23(21)24)31-27-17-9-7-15-25(27)30(22-11-3-2-4-12-22)26-16-8-10-18-28(26)31/h5-22H,1-4H3;3*2-20H,1H3. The van der Waals surface area contributed by atoms with Gasteiger partial charge < -0.3 is 0 Å². The fourth-order valence-corrected chi connectivity index (χ4v) is 20.3. The average molecular weight is 1630 g/mol. The van der Waals surface area contributed by atoms with Crippen molar-refractivity contribution in [3.8, 4) is 89.0 Å². The van der Waals surface area contributed by atoms with E-state index >= 15 is 0 Å². The van der Waals surface area contributed by atoms with Crippen LogP contribution in [0.5, 0.6) is 0 Å². The Balaban J connectivity index is 0.000000104. The van der Waals surface area contributed by atoms with Crippen molar-refractivity contribution >= 4 is 129 Å². The largest absolute Gasteiger partial charge is 0.0622 e. The van der Waals surface area contributed by atoms with Gasteiger partial charge >= 0.3 is 0 Å². The number of fused-ring (bicyclic) bond motifs is 12.